The largest absolute Gasteiger partial charge is 0.490 e. The summed E-state index contributed by atoms with van der Waals surface area (Å²) in [6, 6.07) is 2.80. The summed E-state index contributed by atoms with van der Waals surface area (Å²) in [7, 11) is 0. The molecule has 172 valence electrons. The number of rotatable bonds is 11. The van der Waals surface area contributed by atoms with Gasteiger partial charge >= 0.3 is 11.4 Å². The fraction of sp³-hybridized carbons (Fsp3) is 0.400. The molecule has 32 heavy (non-hydrogen) atoms. The number of hydrogen-bond acceptors (Lipinski definition) is 8. The summed E-state index contributed by atoms with van der Waals surface area (Å²) in [4.78, 5) is 50.6. The number of H-pyrrole nitrogens is 2. The summed E-state index contributed by atoms with van der Waals surface area (Å²) >= 11 is 0. The van der Waals surface area contributed by atoms with Crippen molar-refractivity contribution in [2.75, 3.05) is 13.2 Å². The zero-order valence-electron chi connectivity index (χ0n) is 18.0. The summed E-state index contributed by atoms with van der Waals surface area (Å²) in [5.41, 5.74) is 1.88. The number of carbonyl (C=O) groups excluding carboxylic acids is 1. The lowest BCUT2D eigenvalue weighted by molar-refractivity contribution is -0.386. The highest BCUT2D eigenvalue weighted by Crippen LogP contribution is 2.38. The molecule has 1 aromatic carbocycles. The minimum absolute atomic E-state index is 0.0429. The van der Waals surface area contributed by atoms with E-state index in [0.717, 1.165) is 0 Å². The first-order chi connectivity index (χ1) is 15.3. The molecule has 1 amide bonds. The van der Waals surface area contributed by atoms with Crippen molar-refractivity contribution in [2.24, 2.45) is 5.10 Å². The van der Waals surface area contributed by atoms with E-state index in [0.29, 0.717) is 29.8 Å². The van der Waals surface area contributed by atoms with Crippen molar-refractivity contribution < 1.29 is 19.2 Å². The van der Waals surface area contributed by atoms with Crippen LogP contribution in [0.3, 0.4) is 0 Å². The molecule has 0 aliphatic rings. The van der Waals surface area contributed by atoms with Crippen LogP contribution in [0.2, 0.25) is 0 Å². The van der Waals surface area contributed by atoms with E-state index >= 15 is 0 Å². The minimum atomic E-state index is -0.614. The van der Waals surface area contributed by atoms with Gasteiger partial charge in [0.05, 0.1) is 24.4 Å². The molecule has 0 fully saturated rings. The number of nitrogens with zero attached hydrogens (tertiary/aromatic N) is 2. The maximum atomic E-state index is 12.1. The lowest BCUT2D eigenvalue weighted by Gasteiger charge is -2.12. The van der Waals surface area contributed by atoms with Gasteiger partial charge < -0.3 is 14.5 Å². The van der Waals surface area contributed by atoms with Crippen molar-refractivity contribution in [3.05, 3.63) is 59.9 Å². The molecule has 0 saturated carbocycles. The Labute approximate surface area is 182 Å². The van der Waals surface area contributed by atoms with Crippen LogP contribution < -0.4 is 26.1 Å². The first-order valence-electron chi connectivity index (χ1n) is 9.98. The molecule has 1 aromatic heterocycles. The van der Waals surface area contributed by atoms with E-state index in [2.05, 4.69) is 20.5 Å². The molecule has 2 aromatic rings. The van der Waals surface area contributed by atoms with E-state index in [-0.39, 0.29) is 36.6 Å². The van der Waals surface area contributed by atoms with Gasteiger partial charge in [-0.25, -0.2) is 10.2 Å². The average Bonchev–Trinajstić information content (AvgIpc) is 2.72. The lowest BCUT2D eigenvalue weighted by Crippen LogP contribution is -2.28. The Hall–Kier alpha value is -3.96. The smallest absolute Gasteiger partial charge is 0.325 e. The summed E-state index contributed by atoms with van der Waals surface area (Å²) < 4.78 is 11.0. The molecule has 0 atom stereocenters. The number of amides is 1. The van der Waals surface area contributed by atoms with Gasteiger partial charge in [-0.2, -0.15) is 5.10 Å². The molecular weight excluding hydrogens is 422 g/mol. The lowest BCUT2D eigenvalue weighted by atomic mass is 10.1. The molecular formula is C20H25N5O7. The van der Waals surface area contributed by atoms with Crippen LogP contribution in [0.1, 0.15) is 43.5 Å². The zero-order valence-corrected chi connectivity index (χ0v) is 18.0. The summed E-state index contributed by atoms with van der Waals surface area (Å²) in [5, 5.41) is 15.3. The maximum absolute atomic E-state index is 12.1. The van der Waals surface area contributed by atoms with Gasteiger partial charge in [-0.3, -0.25) is 24.7 Å². The van der Waals surface area contributed by atoms with Crippen molar-refractivity contribution in [3.8, 4) is 11.5 Å². The van der Waals surface area contributed by atoms with Crippen molar-refractivity contribution >= 4 is 17.8 Å². The SMILES string of the molecule is CCCOc1c(OCC)cc(/C=N/NC(=O)CCc2c(C)[nH]c(=O)[nH]c2=O)cc1[N+](=O)[O-]. The first-order valence-corrected chi connectivity index (χ1v) is 9.98. The molecule has 12 nitrogen and oxygen atoms in total. The van der Waals surface area contributed by atoms with Crippen molar-refractivity contribution in [1.29, 1.82) is 0 Å². The summed E-state index contributed by atoms with van der Waals surface area (Å²) in [5.74, 6) is -0.231. The van der Waals surface area contributed by atoms with Crippen molar-refractivity contribution in [1.82, 2.24) is 15.4 Å². The molecule has 0 aliphatic carbocycles. The molecule has 2 rings (SSSR count). The van der Waals surface area contributed by atoms with Gasteiger partial charge in [0.1, 0.15) is 0 Å². The van der Waals surface area contributed by atoms with E-state index in [1.807, 2.05) is 6.92 Å². The number of nitro benzene ring substituents is 1. The Morgan fingerprint density at radius 1 is 1.25 bits per heavy atom. The molecule has 0 unspecified atom stereocenters. The molecule has 0 saturated heterocycles. The number of aromatic amines is 2. The second-order valence-electron chi connectivity index (χ2n) is 6.71. The van der Waals surface area contributed by atoms with Gasteiger partial charge in [0.2, 0.25) is 11.7 Å². The van der Waals surface area contributed by atoms with Crippen molar-refractivity contribution in [3.63, 3.8) is 0 Å². The van der Waals surface area contributed by atoms with Gasteiger partial charge in [-0.15, -0.1) is 0 Å². The molecule has 0 radical (unpaired) electrons. The molecule has 1 heterocycles. The third-order valence-electron chi connectivity index (χ3n) is 4.26. The van der Waals surface area contributed by atoms with Crippen LogP contribution in [0.5, 0.6) is 11.5 Å². The van der Waals surface area contributed by atoms with Crippen LogP contribution in [0.25, 0.3) is 0 Å². The number of nitrogens with one attached hydrogen (secondary N) is 3. The topological polar surface area (TPSA) is 169 Å². The van der Waals surface area contributed by atoms with E-state index in [9.17, 15) is 24.5 Å². The highest BCUT2D eigenvalue weighted by molar-refractivity contribution is 5.85. The monoisotopic (exact) mass is 447 g/mol. The normalized spacial score (nSPS) is 10.8. The number of aryl methyl sites for hydroxylation is 1. The van der Waals surface area contributed by atoms with E-state index in [1.165, 1.54) is 18.3 Å². The van der Waals surface area contributed by atoms with E-state index < -0.39 is 22.1 Å². The number of aromatic nitrogens is 2. The summed E-state index contributed by atoms with van der Waals surface area (Å²) in [6.45, 7) is 5.76. The second-order valence-corrected chi connectivity index (χ2v) is 6.71. The number of carbonyl (C=O) groups is 1. The Morgan fingerprint density at radius 3 is 2.62 bits per heavy atom. The van der Waals surface area contributed by atoms with Gasteiger partial charge in [-0.05, 0) is 32.8 Å². The maximum Gasteiger partial charge on any atom is 0.325 e. The number of nitro groups is 1. The number of ether oxygens (including phenoxy) is 2. The van der Waals surface area contributed by atoms with Crippen molar-refractivity contribution in [2.45, 2.75) is 40.0 Å². The number of hydrazone groups is 1. The van der Waals surface area contributed by atoms with Crippen LogP contribution >= 0.6 is 0 Å². The van der Waals surface area contributed by atoms with Gasteiger partial charge in [-0.1, -0.05) is 6.92 Å². The highest BCUT2D eigenvalue weighted by atomic mass is 16.6. The van der Waals surface area contributed by atoms with Gasteiger partial charge in [0.15, 0.2) is 5.75 Å². The van der Waals surface area contributed by atoms with E-state index in [1.54, 1.807) is 13.8 Å². The van der Waals surface area contributed by atoms with E-state index in [4.69, 9.17) is 9.47 Å². The molecule has 0 spiro atoms. The molecule has 3 N–H and O–H groups in total. The average molecular weight is 447 g/mol. The Morgan fingerprint density at radius 2 is 2.00 bits per heavy atom. The molecule has 12 heteroatoms. The fourth-order valence-corrected chi connectivity index (χ4v) is 2.83. The van der Waals surface area contributed by atoms with Gasteiger partial charge in [0.25, 0.3) is 5.56 Å². The minimum Gasteiger partial charge on any atom is -0.490 e. The highest BCUT2D eigenvalue weighted by Gasteiger charge is 2.22. The zero-order chi connectivity index (χ0) is 23.7. The molecule has 0 bridgehead atoms. The number of hydrogen-bond donors (Lipinski definition) is 3. The predicted octanol–water partition coefficient (Wildman–Crippen LogP) is 1.55. The van der Waals surface area contributed by atoms with Gasteiger partial charge in [0, 0.05) is 29.3 Å². The third-order valence-corrected chi connectivity index (χ3v) is 4.26. The van der Waals surface area contributed by atoms with Crippen LogP contribution in [0.15, 0.2) is 26.8 Å². The Kier molecular flexibility index (Phi) is 8.69. The van der Waals surface area contributed by atoms with Crippen LogP contribution in [-0.2, 0) is 11.2 Å². The standard InChI is InChI=1S/C20H25N5O7/c1-4-8-32-18-15(25(29)30)9-13(10-16(18)31-5-2)11-21-24-17(26)7-6-14-12(3)22-20(28)23-19(14)27/h9-11H,4-8H2,1-3H3,(H,24,26)(H2,22,23,27,28)/b21-11+. The van der Waals surface area contributed by atoms with Crippen LogP contribution in [0.4, 0.5) is 5.69 Å². The summed E-state index contributed by atoms with van der Waals surface area (Å²) in [6.07, 6.45) is 1.96. The van der Waals surface area contributed by atoms with Crippen LogP contribution in [-0.4, -0.2) is 40.2 Å². The first kappa shape index (κ1) is 24.3. The quantitative estimate of drug-likeness (QED) is 0.267. The third kappa shape index (κ3) is 6.52. The number of benzene rings is 1. The Bertz CT molecular complexity index is 1120. The predicted molar refractivity (Wildman–Crippen MR) is 117 cm³/mol. The second kappa shape index (κ2) is 11.4. The molecule has 0 aliphatic heterocycles. The van der Waals surface area contributed by atoms with Crippen LogP contribution in [0, 0.1) is 17.0 Å². The Balaban J connectivity index is 2.12. The fourth-order valence-electron chi connectivity index (χ4n) is 2.83.